The number of amides is 1. The topological polar surface area (TPSA) is 102 Å². The number of Topliss-reactive ketones (excluding diaryl/α,β-unsaturated/α-hetero) is 1. The zero-order chi connectivity index (χ0) is 18.2. The van der Waals surface area contributed by atoms with Crippen LogP contribution in [0.4, 0.5) is 0 Å². The standard InChI is InChI=1S/C17H21NO6/c1-4-14(19)18-11-15(20)24-10-9-23-13-7-5-12(6-8-13)16(21)17(2,3)22/h4-8,22H,1,9-11H2,2-3H3,(H,18,19). The quantitative estimate of drug-likeness (QED) is 0.300. The molecule has 0 aliphatic heterocycles. The number of carbonyl (C=O) groups excluding carboxylic acids is 3. The molecule has 0 aliphatic rings. The van der Waals surface area contributed by atoms with Crippen LogP contribution < -0.4 is 10.1 Å². The average Bonchev–Trinajstić information content (AvgIpc) is 2.55. The van der Waals surface area contributed by atoms with E-state index in [0.717, 1.165) is 6.08 Å². The van der Waals surface area contributed by atoms with E-state index in [2.05, 4.69) is 11.9 Å². The summed E-state index contributed by atoms with van der Waals surface area (Å²) in [7, 11) is 0. The van der Waals surface area contributed by atoms with E-state index >= 15 is 0 Å². The molecule has 1 aromatic rings. The number of hydrogen-bond acceptors (Lipinski definition) is 6. The Morgan fingerprint density at radius 2 is 1.83 bits per heavy atom. The first-order valence-electron chi connectivity index (χ1n) is 7.30. The van der Waals surface area contributed by atoms with Gasteiger partial charge in [0.15, 0.2) is 5.78 Å². The third-order valence-electron chi connectivity index (χ3n) is 2.88. The minimum atomic E-state index is -1.43. The fourth-order valence-electron chi connectivity index (χ4n) is 1.65. The maximum absolute atomic E-state index is 11.9. The summed E-state index contributed by atoms with van der Waals surface area (Å²) in [5, 5.41) is 12.0. The molecule has 7 heteroatoms. The molecule has 7 nitrogen and oxygen atoms in total. The van der Waals surface area contributed by atoms with Gasteiger partial charge in [-0.2, -0.15) is 0 Å². The molecule has 0 heterocycles. The molecule has 0 saturated carbocycles. The summed E-state index contributed by atoms with van der Waals surface area (Å²) in [6.07, 6.45) is 1.06. The normalized spacial score (nSPS) is 10.6. The summed E-state index contributed by atoms with van der Waals surface area (Å²) in [4.78, 5) is 34.0. The Balaban J connectivity index is 2.33. The first-order chi connectivity index (χ1) is 11.2. The molecule has 2 N–H and O–H groups in total. The first-order valence-corrected chi connectivity index (χ1v) is 7.30. The molecule has 0 unspecified atom stereocenters. The Hall–Kier alpha value is -2.67. The molecule has 0 spiro atoms. The van der Waals surface area contributed by atoms with Gasteiger partial charge >= 0.3 is 5.97 Å². The van der Waals surface area contributed by atoms with Gasteiger partial charge in [0.2, 0.25) is 5.91 Å². The lowest BCUT2D eigenvalue weighted by Gasteiger charge is -2.15. The van der Waals surface area contributed by atoms with Crippen LogP contribution in [0.5, 0.6) is 5.75 Å². The van der Waals surface area contributed by atoms with Crippen LogP contribution in [0, 0.1) is 0 Å². The molecule has 130 valence electrons. The van der Waals surface area contributed by atoms with Gasteiger partial charge < -0.3 is 19.9 Å². The third-order valence-corrected chi connectivity index (χ3v) is 2.88. The molecule has 1 aromatic carbocycles. The molecule has 0 bridgehead atoms. The van der Waals surface area contributed by atoms with E-state index in [-0.39, 0.29) is 25.5 Å². The van der Waals surface area contributed by atoms with E-state index in [9.17, 15) is 19.5 Å². The van der Waals surface area contributed by atoms with Crippen molar-refractivity contribution in [1.82, 2.24) is 5.32 Å². The maximum atomic E-state index is 11.9. The Labute approximate surface area is 140 Å². The SMILES string of the molecule is C=CC(=O)NCC(=O)OCCOc1ccc(C(=O)C(C)(C)O)cc1. The Morgan fingerprint density at radius 3 is 2.38 bits per heavy atom. The van der Waals surface area contributed by atoms with Crippen LogP contribution in [0.15, 0.2) is 36.9 Å². The van der Waals surface area contributed by atoms with Crippen molar-refractivity contribution < 1.29 is 29.0 Å². The number of esters is 1. The van der Waals surface area contributed by atoms with Crippen molar-refractivity contribution in [3.63, 3.8) is 0 Å². The smallest absolute Gasteiger partial charge is 0.325 e. The van der Waals surface area contributed by atoms with Gasteiger partial charge in [0.05, 0.1) is 0 Å². The van der Waals surface area contributed by atoms with Gasteiger partial charge in [-0.05, 0) is 44.2 Å². The van der Waals surface area contributed by atoms with Crippen molar-refractivity contribution in [2.24, 2.45) is 0 Å². The zero-order valence-electron chi connectivity index (χ0n) is 13.7. The van der Waals surface area contributed by atoms with Crippen LogP contribution in [0.25, 0.3) is 0 Å². The van der Waals surface area contributed by atoms with Gasteiger partial charge in [-0.1, -0.05) is 6.58 Å². The van der Waals surface area contributed by atoms with Crippen molar-refractivity contribution in [2.45, 2.75) is 19.4 Å². The van der Waals surface area contributed by atoms with Gasteiger partial charge in [0.1, 0.15) is 31.1 Å². The van der Waals surface area contributed by atoms with Gasteiger partial charge in [-0.25, -0.2) is 0 Å². The highest BCUT2D eigenvalue weighted by Crippen LogP contribution is 2.17. The largest absolute Gasteiger partial charge is 0.490 e. The van der Waals surface area contributed by atoms with Crippen LogP contribution in [-0.2, 0) is 14.3 Å². The number of benzene rings is 1. The second-order valence-electron chi connectivity index (χ2n) is 5.40. The van der Waals surface area contributed by atoms with E-state index in [1.54, 1.807) is 24.3 Å². The highest BCUT2D eigenvalue weighted by atomic mass is 16.6. The number of ether oxygens (including phenoxy) is 2. The van der Waals surface area contributed by atoms with Crippen LogP contribution in [0.3, 0.4) is 0 Å². The second kappa shape index (κ2) is 8.83. The Morgan fingerprint density at radius 1 is 1.21 bits per heavy atom. The second-order valence-corrected chi connectivity index (χ2v) is 5.40. The molecule has 1 rings (SSSR count). The summed E-state index contributed by atoms with van der Waals surface area (Å²) in [5.74, 6) is -0.924. The van der Waals surface area contributed by atoms with E-state index < -0.39 is 17.5 Å². The van der Waals surface area contributed by atoms with Crippen molar-refractivity contribution >= 4 is 17.7 Å². The predicted molar refractivity (Wildman–Crippen MR) is 86.7 cm³/mol. The monoisotopic (exact) mass is 335 g/mol. The van der Waals surface area contributed by atoms with Crippen molar-refractivity contribution in [1.29, 1.82) is 0 Å². The molecule has 0 saturated heterocycles. The zero-order valence-corrected chi connectivity index (χ0v) is 13.7. The number of carbonyl (C=O) groups is 3. The van der Waals surface area contributed by atoms with E-state index in [1.165, 1.54) is 13.8 Å². The van der Waals surface area contributed by atoms with Crippen molar-refractivity contribution in [3.8, 4) is 5.75 Å². The molecular weight excluding hydrogens is 314 g/mol. The molecule has 24 heavy (non-hydrogen) atoms. The minimum Gasteiger partial charge on any atom is -0.490 e. The van der Waals surface area contributed by atoms with Crippen LogP contribution in [-0.4, -0.2) is 48.1 Å². The summed E-state index contributed by atoms with van der Waals surface area (Å²) < 4.78 is 10.2. The summed E-state index contributed by atoms with van der Waals surface area (Å²) in [5.41, 5.74) is -1.06. The summed E-state index contributed by atoms with van der Waals surface area (Å²) in [6, 6.07) is 6.27. The molecule has 0 aromatic heterocycles. The summed E-state index contributed by atoms with van der Waals surface area (Å²) >= 11 is 0. The van der Waals surface area contributed by atoms with Gasteiger partial charge in [0, 0.05) is 5.56 Å². The fourth-order valence-corrected chi connectivity index (χ4v) is 1.65. The molecule has 0 radical (unpaired) electrons. The number of hydrogen-bond donors (Lipinski definition) is 2. The number of rotatable bonds is 9. The lowest BCUT2D eigenvalue weighted by molar-refractivity contribution is -0.144. The lowest BCUT2D eigenvalue weighted by Crippen LogP contribution is -2.31. The maximum Gasteiger partial charge on any atom is 0.325 e. The molecule has 0 fully saturated rings. The number of nitrogens with one attached hydrogen (secondary N) is 1. The minimum absolute atomic E-state index is 0.0210. The van der Waals surface area contributed by atoms with E-state index in [1.807, 2.05) is 0 Å². The first kappa shape index (κ1) is 19.4. The highest BCUT2D eigenvalue weighted by Gasteiger charge is 2.24. The number of ketones is 1. The van der Waals surface area contributed by atoms with E-state index in [4.69, 9.17) is 9.47 Å². The Kier molecular flexibility index (Phi) is 7.13. The molecule has 1 amide bonds. The van der Waals surface area contributed by atoms with Gasteiger partial charge in [0.25, 0.3) is 0 Å². The highest BCUT2D eigenvalue weighted by molar-refractivity contribution is 6.01. The third kappa shape index (κ3) is 6.62. The van der Waals surface area contributed by atoms with Gasteiger partial charge in [-0.15, -0.1) is 0 Å². The predicted octanol–water partition coefficient (Wildman–Crippen LogP) is 0.864. The van der Waals surface area contributed by atoms with Crippen LogP contribution in [0.2, 0.25) is 0 Å². The van der Waals surface area contributed by atoms with E-state index in [0.29, 0.717) is 11.3 Å². The molecule has 0 atom stereocenters. The van der Waals surface area contributed by atoms with Gasteiger partial charge in [-0.3, -0.25) is 14.4 Å². The fraction of sp³-hybridized carbons (Fsp3) is 0.353. The van der Waals surface area contributed by atoms with Crippen LogP contribution >= 0.6 is 0 Å². The number of aliphatic hydroxyl groups is 1. The Bertz CT molecular complexity index is 601. The van der Waals surface area contributed by atoms with Crippen LogP contribution in [0.1, 0.15) is 24.2 Å². The average molecular weight is 335 g/mol. The summed E-state index contributed by atoms with van der Waals surface area (Å²) in [6.45, 7) is 6.01. The molecular formula is C17H21NO6. The van der Waals surface area contributed by atoms with Crippen molar-refractivity contribution in [3.05, 3.63) is 42.5 Å². The lowest BCUT2D eigenvalue weighted by atomic mass is 9.97. The molecule has 0 aliphatic carbocycles. The van der Waals surface area contributed by atoms with Crippen molar-refractivity contribution in [2.75, 3.05) is 19.8 Å².